The fourth-order valence-electron chi connectivity index (χ4n) is 3.61. The van der Waals surface area contributed by atoms with E-state index in [9.17, 15) is 9.90 Å². The Morgan fingerprint density at radius 3 is 1.92 bits per heavy atom. The quantitative estimate of drug-likeness (QED) is 0.299. The molecule has 0 bridgehead atoms. The second kappa shape index (κ2) is 12.6. The lowest BCUT2D eigenvalue weighted by Crippen LogP contribution is -2.28. The number of hydrogen-bond donors (Lipinski definition) is 5. The number of benzene rings is 3. The summed E-state index contributed by atoms with van der Waals surface area (Å²) in [6.45, 7) is 7.64. The fourth-order valence-corrected chi connectivity index (χ4v) is 3.61. The van der Waals surface area contributed by atoms with E-state index in [-0.39, 0.29) is 28.9 Å². The Morgan fingerprint density at radius 1 is 0.892 bits per heavy atom. The number of para-hydroxylation sites is 1. The molecule has 3 aromatic rings. The van der Waals surface area contributed by atoms with Gasteiger partial charge >= 0.3 is 5.97 Å². The molecule has 1 aliphatic rings. The van der Waals surface area contributed by atoms with Crippen molar-refractivity contribution in [3.05, 3.63) is 64.7 Å². The molecule has 2 atom stereocenters. The average Bonchev–Trinajstić information content (AvgIpc) is 2.86. The van der Waals surface area contributed by atoms with E-state index >= 15 is 0 Å². The van der Waals surface area contributed by atoms with Crippen LogP contribution in [0.15, 0.2) is 42.5 Å². The van der Waals surface area contributed by atoms with Crippen LogP contribution in [0.4, 0.5) is 0 Å². The number of phenolic OH excluding ortho intramolecular Hbond substituents is 4. The second-order valence-corrected chi connectivity index (χ2v) is 8.72. The lowest BCUT2D eigenvalue weighted by Gasteiger charge is -2.30. The zero-order valence-corrected chi connectivity index (χ0v) is 21.8. The van der Waals surface area contributed by atoms with E-state index in [0.717, 1.165) is 29.2 Å². The minimum Gasteiger partial charge on any atom is -0.507 e. The SMILES string of the molecule is COc1cc(OC)c2c(c1)OC(C)C(C)C2.Cc1cc(C(=O)O)cc(C)c1O.Oc1cccc(O)c1O. The molecule has 1 heterocycles. The highest BCUT2D eigenvalue weighted by Crippen LogP contribution is 2.40. The predicted molar refractivity (Wildman–Crippen MR) is 138 cm³/mol. The summed E-state index contributed by atoms with van der Waals surface area (Å²) in [7, 11) is 3.33. The maximum Gasteiger partial charge on any atom is 0.335 e. The Labute approximate surface area is 216 Å². The van der Waals surface area contributed by atoms with E-state index in [1.54, 1.807) is 28.1 Å². The molecule has 0 saturated heterocycles. The third kappa shape index (κ3) is 7.36. The number of fused-ring (bicyclic) bond motifs is 1. The average molecular weight is 515 g/mol. The lowest BCUT2D eigenvalue weighted by molar-refractivity contribution is 0.0696. The van der Waals surface area contributed by atoms with E-state index in [1.165, 1.54) is 30.3 Å². The molecule has 0 amide bonds. The summed E-state index contributed by atoms with van der Waals surface area (Å²) in [5.41, 5.74) is 2.54. The fraction of sp³-hybridized carbons (Fsp3) is 0.321. The van der Waals surface area contributed by atoms with Crippen molar-refractivity contribution in [1.29, 1.82) is 0 Å². The molecule has 0 aliphatic carbocycles. The molecule has 200 valence electrons. The second-order valence-electron chi connectivity index (χ2n) is 8.72. The van der Waals surface area contributed by atoms with Crippen molar-refractivity contribution in [2.75, 3.05) is 14.2 Å². The molecular weight excluding hydrogens is 480 g/mol. The van der Waals surface area contributed by atoms with Gasteiger partial charge in [0.05, 0.1) is 25.9 Å². The highest BCUT2D eigenvalue weighted by Gasteiger charge is 2.26. The summed E-state index contributed by atoms with van der Waals surface area (Å²) < 4.78 is 16.5. The molecule has 0 spiro atoms. The first-order chi connectivity index (χ1) is 17.4. The van der Waals surface area contributed by atoms with Gasteiger partial charge in [-0.25, -0.2) is 4.79 Å². The van der Waals surface area contributed by atoms with Crippen LogP contribution in [-0.4, -0.2) is 51.8 Å². The van der Waals surface area contributed by atoms with Gasteiger partial charge in [0.15, 0.2) is 17.2 Å². The first kappa shape index (κ1) is 29.0. The number of phenols is 4. The number of methoxy groups -OCH3 is 2. The number of hydrogen-bond acceptors (Lipinski definition) is 8. The van der Waals surface area contributed by atoms with Crippen molar-refractivity contribution in [3.63, 3.8) is 0 Å². The molecule has 1 aliphatic heterocycles. The van der Waals surface area contributed by atoms with Crippen LogP contribution in [0.3, 0.4) is 0 Å². The number of carboxylic acids is 1. The van der Waals surface area contributed by atoms with E-state index in [2.05, 4.69) is 13.8 Å². The number of carboxylic acid groups (broad SMARTS) is 1. The van der Waals surface area contributed by atoms with E-state index in [4.69, 9.17) is 34.6 Å². The highest BCUT2D eigenvalue weighted by atomic mass is 16.5. The van der Waals surface area contributed by atoms with Gasteiger partial charge in [-0.1, -0.05) is 13.0 Å². The first-order valence-electron chi connectivity index (χ1n) is 11.5. The predicted octanol–water partition coefficient (Wildman–Crippen LogP) is 5.17. The molecular formula is C28H34O9. The van der Waals surface area contributed by atoms with Crippen LogP contribution in [0.25, 0.3) is 0 Å². The van der Waals surface area contributed by atoms with Gasteiger partial charge in [0.25, 0.3) is 0 Å². The minimum absolute atomic E-state index is 0.167. The number of carbonyl (C=O) groups is 1. The summed E-state index contributed by atoms with van der Waals surface area (Å²) in [6, 6.07) is 10.7. The lowest BCUT2D eigenvalue weighted by atomic mass is 9.92. The van der Waals surface area contributed by atoms with Crippen LogP contribution >= 0.6 is 0 Å². The van der Waals surface area contributed by atoms with Gasteiger partial charge < -0.3 is 39.7 Å². The number of aryl methyl sites for hydroxylation is 2. The highest BCUT2D eigenvalue weighted by molar-refractivity contribution is 5.88. The maximum atomic E-state index is 10.5. The molecule has 37 heavy (non-hydrogen) atoms. The van der Waals surface area contributed by atoms with Crippen molar-refractivity contribution >= 4 is 5.97 Å². The summed E-state index contributed by atoms with van der Waals surface area (Å²) in [5.74, 6) is 1.13. The van der Waals surface area contributed by atoms with Gasteiger partial charge in [0, 0.05) is 17.7 Å². The molecule has 3 aromatic carbocycles. The van der Waals surface area contributed by atoms with E-state index in [1.807, 2.05) is 12.1 Å². The smallest absolute Gasteiger partial charge is 0.335 e. The van der Waals surface area contributed by atoms with E-state index in [0.29, 0.717) is 17.0 Å². The van der Waals surface area contributed by atoms with Crippen LogP contribution in [-0.2, 0) is 6.42 Å². The molecule has 4 rings (SSSR count). The van der Waals surface area contributed by atoms with Gasteiger partial charge in [0.2, 0.25) is 0 Å². The van der Waals surface area contributed by atoms with Crippen molar-refractivity contribution in [2.45, 2.75) is 40.2 Å². The third-order valence-corrected chi connectivity index (χ3v) is 5.97. The van der Waals surface area contributed by atoms with Crippen molar-refractivity contribution in [2.24, 2.45) is 5.92 Å². The number of rotatable bonds is 3. The van der Waals surface area contributed by atoms with Crippen LogP contribution in [0.1, 0.15) is 40.9 Å². The Balaban J connectivity index is 0.000000204. The first-order valence-corrected chi connectivity index (χ1v) is 11.5. The summed E-state index contributed by atoms with van der Waals surface area (Å²) in [5, 5.41) is 44.0. The zero-order valence-electron chi connectivity index (χ0n) is 21.8. The minimum atomic E-state index is -0.971. The number of aromatic hydroxyl groups is 4. The molecule has 5 N–H and O–H groups in total. The van der Waals surface area contributed by atoms with Gasteiger partial charge in [0.1, 0.15) is 23.0 Å². The Hall–Kier alpha value is -4.27. The van der Waals surface area contributed by atoms with Gasteiger partial charge in [-0.15, -0.1) is 0 Å². The van der Waals surface area contributed by atoms with Gasteiger partial charge in [-0.3, -0.25) is 0 Å². The van der Waals surface area contributed by atoms with Crippen LogP contribution in [0, 0.1) is 19.8 Å². The molecule has 9 nitrogen and oxygen atoms in total. The van der Waals surface area contributed by atoms with Crippen molar-refractivity contribution in [1.82, 2.24) is 0 Å². The number of ether oxygens (including phenoxy) is 3. The van der Waals surface area contributed by atoms with E-state index < -0.39 is 11.7 Å². The van der Waals surface area contributed by atoms with Crippen molar-refractivity contribution in [3.8, 4) is 40.2 Å². The summed E-state index contributed by atoms with van der Waals surface area (Å²) in [4.78, 5) is 10.5. The Morgan fingerprint density at radius 2 is 1.46 bits per heavy atom. The van der Waals surface area contributed by atoms with Crippen molar-refractivity contribution < 1.29 is 44.5 Å². The monoisotopic (exact) mass is 514 g/mol. The summed E-state index contributed by atoms with van der Waals surface area (Å²) >= 11 is 0. The summed E-state index contributed by atoms with van der Waals surface area (Å²) in [6.07, 6.45) is 1.23. The molecule has 2 unspecified atom stereocenters. The van der Waals surface area contributed by atoms with Gasteiger partial charge in [-0.2, -0.15) is 0 Å². The number of aromatic carboxylic acids is 1. The molecule has 0 saturated carbocycles. The van der Waals surface area contributed by atoms with Crippen LogP contribution < -0.4 is 14.2 Å². The van der Waals surface area contributed by atoms with Crippen LogP contribution in [0.5, 0.6) is 40.2 Å². The normalized spacial score (nSPS) is 15.5. The molecule has 0 aromatic heterocycles. The molecule has 9 heteroatoms. The zero-order chi connectivity index (χ0) is 27.9. The molecule has 0 radical (unpaired) electrons. The largest absolute Gasteiger partial charge is 0.507 e. The standard InChI is InChI=1S/C13H18O3.C9H10O3.C6H6O3/c1-8-5-11-12(15-4)6-10(14-3)7-13(11)16-9(8)2;1-5-3-7(9(11)12)4-6(2)8(5)10;7-4-2-1-3-5(8)6(4)9/h6-9H,5H2,1-4H3;3-4,10H,1-2H3,(H,11,12);1-3,7-9H. The topological polar surface area (TPSA) is 146 Å². The third-order valence-electron chi connectivity index (χ3n) is 5.97. The Bertz CT molecular complexity index is 1190. The maximum absolute atomic E-state index is 10.5. The molecule has 0 fully saturated rings. The van der Waals surface area contributed by atoms with Crippen LogP contribution in [0.2, 0.25) is 0 Å². The Kier molecular flexibility index (Phi) is 9.88. The van der Waals surface area contributed by atoms with Gasteiger partial charge in [-0.05, 0) is 68.5 Å².